The van der Waals surface area contributed by atoms with Crippen molar-refractivity contribution in [1.29, 1.82) is 0 Å². The van der Waals surface area contributed by atoms with Crippen molar-refractivity contribution in [3.05, 3.63) is 45.4 Å². The van der Waals surface area contributed by atoms with Crippen molar-refractivity contribution in [2.45, 2.75) is 40.3 Å². The zero-order valence-electron chi connectivity index (χ0n) is 13.7. The van der Waals surface area contributed by atoms with Crippen LogP contribution in [0.25, 0.3) is 0 Å². The Kier molecular flexibility index (Phi) is 5.32. The summed E-state index contributed by atoms with van der Waals surface area (Å²) in [6.45, 7) is 8.35. The molecular formula is C17H22N2O2S. The quantitative estimate of drug-likeness (QED) is 0.620. The van der Waals surface area contributed by atoms with Gasteiger partial charge in [-0.1, -0.05) is 12.1 Å². The molecule has 1 atom stereocenters. The van der Waals surface area contributed by atoms with Crippen LogP contribution in [0.5, 0.6) is 5.75 Å². The molecule has 22 heavy (non-hydrogen) atoms. The smallest absolute Gasteiger partial charge is 0.308 e. The zero-order chi connectivity index (χ0) is 16.3. The van der Waals surface area contributed by atoms with Crippen LogP contribution < -0.4 is 4.74 Å². The molecular weight excluding hydrogens is 296 g/mol. The highest BCUT2D eigenvalue weighted by Gasteiger charge is 2.16. The molecule has 0 saturated carbocycles. The van der Waals surface area contributed by atoms with E-state index in [1.165, 1.54) is 12.5 Å². The van der Waals surface area contributed by atoms with Crippen molar-refractivity contribution in [3.8, 4) is 5.75 Å². The fourth-order valence-corrected chi connectivity index (χ4v) is 3.25. The number of aryl methyl sites for hydroxylation is 2. The maximum absolute atomic E-state index is 11.2. The third kappa shape index (κ3) is 3.93. The second-order valence-corrected chi connectivity index (χ2v) is 6.54. The van der Waals surface area contributed by atoms with Gasteiger partial charge in [0.05, 0.1) is 6.04 Å². The summed E-state index contributed by atoms with van der Waals surface area (Å²) in [5.74, 6) is 0.389. The van der Waals surface area contributed by atoms with E-state index >= 15 is 0 Å². The minimum atomic E-state index is -0.284. The zero-order valence-corrected chi connectivity index (χ0v) is 14.5. The topological polar surface area (TPSA) is 42.4 Å². The van der Waals surface area contributed by atoms with Gasteiger partial charge in [0.2, 0.25) is 0 Å². The molecule has 0 fully saturated rings. The first-order valence-electron chi connectivity index (χ1n) is 7.26. The van der Waals surface area contributed by atoms with Crippen molar-refractivity contribution >= 4 is 17.3 Å². The molecule has 0 aliphatic rings. The third-order valence-electron chi connectivity index (χ3n) is 3.67. The Labute approximate surface area is 135 Å². The van der Waals surface area contributed by atoms with E-state index in [1.807, 2.05) is 25.4 Å². The number of hydrogen-bond donors (Lipinski definition) is 0. The lowest BCUT2D eigenvalue weighted by Crippen LogP contribution is -2.22. The van der Waals surface area contributed by atoms with E-state index in [0.29, 0.717) is 5.75 Å². The van der Waals surface area contributed by atoms with Crippen LogP contribution in [0.3, 0.4) is 0 Å². The normalized spacial score (nSPS) is 12.5. The van der Waals surface area contributed by atoms with Crippen molar-refractivity contribution in [2.24, 2.45) is 0 Å². The predicted octanol–water partition coefficient (Wildman–Crippen LogP) is 3.88. The van der Waals surface area contributed by atoms with Crippen molar-refractivity contribution in [2.75, 3.05) is 7.05 Å². The van der Waals surface area contributed by atoms with Crippen LogP contribution in [0, 0.1) is 13.8 Å². The minimum Gasteiger partial charge on any atom is -0.426 e. The van der Waals surface area contributed by atoms with Gasteiger partial charge >= 0.3 is 5.97 Å². The number of benzene rings is 1. The second-order valence-electron chi connectivity index (χ2n) is 5.61. The number of rotatable bonds is 5. The maximum atomic E-state index is 11.2. The molecule has 1 aromatic heterocycles. The maximum Gasteiger partial charge on any atom is 0.308 e. The highest BCUT2D eigenvalue weighted by molar-refractivity contribution is 7.09. The molecule has 0 spiro atoms. The van der Waals surface area contributed by atoms with Crippen LogP contribution in [0.4, 0.5) is 0 Å². The molecule has 1 aromatic carbocycles. The Morgan fingerprint density at radius 3 is 2.50 bits per heavy atom. The van der Waals surface area contributed by atoms with E-state index in [0.717, 1.165) is 22.7 Å². The molecule has 0 aliphatic heterocycles. The fourth-order valence-electron chi connectivity index (χ4n) is 2.49. The van der Waals surface area contributed by atoms with Gasteiger partial charge in [0, 0.05) is 25.0 Å². The largest absolute Gasteiger partial charge is 0.426 e. The van der Waals surface area contributed by atoms with Crippen LogP contribution in [0.1, 0.15) is 41.6 Å². The number of thiazole rings is 1. The van der Waals surface area contributed by atoms with Gasteiger partial charge in [0.15, 0.2) is 0 Å². The molecule has 0 bridgehead atoms. The first-order chi connectivity index (χ1) is 10.4. The van der Waals surface area contributed by atoms with E-state index in [1.54, 1.807) is 11.3 Å². The van der Waals surface area contributed by atoms with Crippen LogP contribution in [-0.2, 0) is 11.3 Å². The lowest BCUT2D eigenvalue weighted by atomic mass is 10.0. The molecule has 0 unspecified atom stereocenters. The van der Waals surface area contributed by atoms with Gasteiger partial charge in [-0.25, -0.2) is 4.98 Å². The summed E-state index contributed by atoms with van der Waals surface area (Å²) in [6, 6.07) is 4.43. The summed E-state index contributed by atoms with van der Waals surface area (Å²) < 4.78 is 5.28. The minimum absolute atomic E-state index is 0.272. The predicted molar refractivity (Wildman–Crippen MR) is 89.2 cm³/mol. The summed E-state index contributed by atoms with van der Waals surface area (Å²) in [5, 5.41) is 3.12. The van der Waals surface area contributed by atoms with E-state index in [4.69, 9.17) is 4.74 Å². The van der Waals surface area contributed by atoms with E-state index in [-0.39, 0.29) is 12.0 Å². The van der Waals surface area contributed by atoms with Crippen molar-refractivity contribution in [3.63, 3.8) is 0 Å². The van der Waals surface area contributed by atoms with Crippen molar-refractivity contribution in [1.82, 2.24) is 9.88 Å². The monoisotopic (exact) mass is 318 g/mol. The SMILES string of the molecule is CC(=O)Oc1c(C)cc(CN(C)[C@@H](C)c2nccs2)cc1C. The number of carbonyl (C=O) groups is 1. The molecule has 0 N–H and O–H groups in total. The van der Waals surface area contributed by atoms with Crippen LogP contribution in [0.15, 0.2) is 23.7 Å². The second kappa shape index (κ2) is 7.03. The molecule has 0 radical (unpaired) electrons. The van der Waals surface area contributed by atoms with Gasteiger partial charge in [0.1, 0.15) is 10.8 Å². The number of hydrogen-bond acceptors (Lipinski definition) is 5. The first-order valence-corrected chi connectivity index (χ1v) is 8.14. The number of nitrogens with zero attached hydrogens (tertiary/aromatic N) is 2. The van der Waals surface area contributed by atoms with Gasteiger partial charge < -0.3 is 4.74 Å². The molecule has 0 aliphatic carbocycles. The number of aromatic nitrogens is 1. The number of carbonyl (C=O) groups excluding carboxylic acids is 1. The Hall–Kier alpha value is -1.72. The third-order valence-corrected chi connectivity index (χ3v) is 4.61. The van der Waals surface area contributed by atoms with Crippen LogP contribution >= 0.6 is 11.3 Å². The molecule has 0 amide bonds. The molecule has 118 valence electrons. The van der Waals surface area contributed by atoms with Gasteiger partial charge in [-0.15, -0.1) is 11.3 Å². The summed E-state index contributed by atoms with van der Waals surface area (Å²) in [5.41, 5.74) is 3.18. The highest BCUT2D eigenvalue weighted by atomic mass is 32.1. The Morgan fingerprint density at radius 2 is 2.00 bits per heavy atom. The Bertz CT molecular complexity index is 630. The molecule has 2 rings (SSSR count). The van der Waals surface area contributed by atoms with E-state index < -0.39 is 0 Å². The lowest BCUT2D eigenvalue weighted by Gasteiger charge is -2.23. The van der Waals surface area contributed by atoms with Gasteiger partial charge in [-0.05, 0) is 44.5 Å². The van der Waals surface area contributed by atoms with Gasteiger partial charge in [0.25, 0.3) is 0 Å². The fraction of sp³-hybridized carbons (Fsp3) is 0.412. The standard InChI is InChI=1S/C17H22N2O2S/c1-11-8-15(9-12(2)16(11)21-14(4)20)10-19(5)13(3)17-18-6-7-22-17/h6-9,13H,10H2,1-5H3/t13-/m0/s1. The van der Waals surface area contributed by atoms with E-state index in [2.05, 4.69) is 36.0 Å². The first kappa shape index (κ1) is 16.6. The summed E-state index contributed by atoms with van der Waals surface area (Å²) in [6.07, 6.45) is 1.84. The summed E-state index contributed by atoms with van der Waals surface area (Å²) in [7, 11) is 2.09. The van der Waals surface area contributed by atoms with Crippen molar-refractivity contribution < 1.29 is 9.53 Å². The van der Waals surface area contributed by atoms with Gasteiger partial charge in [-0.2, -0.15) is 0 Å². The van der Waals surface area contributed by atoms with Crippen LogP contribution in [-0.4, -0.2) is 22.9 Å². The Morgan fingerprint density at radius 1 is 1.36 bits per heavy atom. The summed E-state index contributed by atoms with van der Waals surface area (Å²) in [4.78, 5) is 17.8. The average Bonchev–Trinajstić information content (AvgIpc) is 2.95. The molecule has 4 nitrogen and oxygen atoms in total. The highest BCUT2D eigenvalue weighted by Crippen LogP contribution is 2.27. The molecule has 0 saturated heterocycles. The van der Waals surface area contributed by atoms with Crippen LogP contribution in [0.2, 0.25) is 0 Å². The average molecular weight is 318 g/mol. The number of esters is 1. The molecule has 5 heteroatoms. The van der Waals surface area contributed by atoms with Gasteiger partial charge in [-0.3, -0.25) is 9.69 Å². The molecule has 1 heterocycles. The lowest BCUT2D eigenvalue weighted by molar-refractivity contribution is -0.131. The van der Waals surface area contributed by atoms with E-state index in [9.17, 15) is 4.79 Å². The molecule has 2 aromatic rings. The summed E-state index contributed by atoms with van der Waals surface area (Å²) >= 11 is 1.68. The Balaban J connectivity index is 2.15. The number of ether oxygens (including phenoxy) is 1.